The highest BCUT2D eigenvalue weighted by Gasteiger charge is 2.16. The van der Waals surface area contributed by atoms with E-state index in [2.05, 4.69) is 10.2 Å². The zero-order valence-corrected chi connectivity index (χ0v) is 15.1. The van der Waals surface area contributed by atoms with Gasteiger partial charge in [0.1, 0.15) is 5.82 Å². The summed E-state index contributed by atoms with van der Waals surface area (Å²) in [4.78, 5) is 22.8. The molecule has 6 heteroatoms. The van der Waals surface area contributed by atoms with Crippen molar-refractivity contribution in [1.82, 2.24) is 9.97 Å². The summed E-state index contributed by atoms with van der Waals surface area (Å²) in [6.45, 7) is 2.56. The largest absolute Gasteiger partial charge is 0.478 e. The van der Waals surface area contributed by atoms with Gasteiger partial charge in [-0.05, 0) is 49.1 Å². The summed E-state index contributed by atoms with van der Waals surface area (Å²) < 4.78 is 0. The minimum absolute atomic E-state index is 0.290. The van der Waals surface area contributed by atoms with Gasteiger partial charge in [-0.3, -0.25) is 0 Å². The molecule has 6 nitrogen and oxygen atoms in total. The zero-order valence-electron chi connectivity index (χ0n) is 15.1. The first-order valence-electron chi connectivity index (χ1n) is 9.28. The number of nitrogens with zero attached hydrogens (tertiary/aromatic N) is 3. The van der Waals surface area contributed by atoms with Crippen LogP contribution in [0.2, 0.25) is 0 Å². The topological polar surface area (TPSA) is 78.3 Å². The molecule has 0 aliphatic carbocycles. The van der Waals surface area contributed by atoms with E-state index in [1.807, 2.05) is 36.4 Å². The molecule has 0 spiro atoms. The molecular formula is C21H22N4O2. The predicted octanol–water partition coefficient (Wildman–Crippen LogP) is 3.93. The maximum absolute atomic E-state index is 11.0. The fraction of sp³-hybridized carbons (Fsp3) is 0.286. The van der Waals surface area contributed by atoms with Gasteiger partial charge in [-0.1, -0.05) is 24.3 Å². The molecule has 0 amide bonds. The molecule has 2 heterocycles. The molecule has 27 heavy (non-hydrogen) atoms. The number of carboxylic acids is 1. The second-order valence-corrected chi connectivity index (χ2v) is 6.79. The number of piperidine rings is 1. The van der Waals surface area contributed by atoms with Gasteiger partial charge in [0.15, 0.2) is 0 Å². The van der Waals surface area contributed by atoms with Crippen LogP contribution in [0.15, 0.2) is 48.5 Å². The first kappa shape index (κ1) is 17.3. The standard InChI is InChI=1S/C21H22N4O2/c26-20(27)16-10-8-15(9-11-16)14-22-19-17-6-2-3-7-18(17)23-21(24-19)25-12-4-1-5-13-25/h2-3,6-11H,1,4-5,12-14H2,(H,26,27)(H,22,23,24). The number of hydrogen-bond donors (Lipinski definition) is 2. The van der Waals surface area contributed by atoms with Gasteiger partial charge in [-0.25, -0.2) is 9.78 Å². The molecular weight excluding hydrogens is 340 g/mol. The molecule has 2 aromatic carbocycles. The highest BCUT2D eigenvalue weighted by atomic mass is 16.4. The van der Waals surface area contributed by atoms with Crippen LogP contribution < -0.4 is 10.2 Å². The fourth-order valence-electron chi connectivity index (χ4n) is 3.39. The van der Waals surface area contributed by atoms with Crippen molar-refractivity contribution in [1.29, 1.82) is 0 Å². The Bertz CT molecular complexity index is 950. The number of rotatable bonds is 5. The molecule has 1 aliphatic heterocycles. The van der Waals surface area contributed by atoms with Crippen LogP contribution in [-0.4, -0.2) is 34.1 Å². The van der Waals surface area contributed by atoms with Crippen LogP contribution in [-0.2, 0) is 6.54 Å². The monoisotopic (exact) mass is 362 g/mol. The van der Waals surface area contributed by atoms with Crippen molar-refractivity contribution in [2.45, 2.75) is 25.8 Å². The minimum atomic E-state index is -0.914. The van der Waals surface area contributed by atoms with Crippen molar-refractivity contribution in [3.8, 4) is 0 Å². The van der Waals surface area contributed by atoms with E-state index in [0.717, 1.165) is 41.3 Å². The molecule has 2 N–H and O–H groups in total. The molecule has 1 aromatic heterocycles. The van der Waals surface area contributed by atoms with E-state index in [1.165, 1.54) is 19.3 Å². The Kier molecular flexibility index (Phi) is 4.87. The van der Waals surface area contributed by atoms with Gasteiger partial charge in [-0.2, -0.15) is 4.98 Å². The van der Waals surface area contributed by atoms with Crippen molar-refractivity contribution in [2.75, 3.05) is 23.3 Å². The fourth-order valence-corrected chi connectivity index (χ4v) is 3.39. The average Bonchev–Trinajstić information content (AvgIpc) is 2.72. The summed E-state index contributed by atoms with van der Waals surface area (Å²) in [5, 5.41) is 13.4. The summed E-state index contributed by atoms with van der Waals surface area (Å²) >= 11 is 0. The Labute approximate surface area is 157 Å². The zero-order chi connectivity index (χ0) is 18.6. The van der Waals surface area contributed by atoms with E-state index in [9.17, 15) is 4.79 Å². The van der Waals surface area contributed by atoms with Crippen LogP contribution in [0.4, 0.5) is 11.8 Å². The molecule has 0 saturated carbocycles. The van der Waals surface area contributed by atoms with E-state index in [4.69, 9.17) is 15.1 Å². The van der Waals surface area contributed by atoms with Crippen LogP contribution in [0.1, 0.15) is 35.2 Å². The van der Waals surface area contributed by atoms with E-state index >= 15 is 0 Å². The normalized spacial score (nSPS) is 14.3. The highest BCUT2D eigenvalue weighted by Crippen LogP contribution is 2.25. The van der Waals surface area contributed by atoms with Gasteiger partial charge in [0, 0.05) is 25.0 Å². The first-order chi connectivity index (χ1) is 13.2. The van der Waals surface area contributed by atoms with Gasteiger partial charge in [0.05, 0.1) is 11.1 Å². The predicted molar refractivity (Wildman–Crippen MR) is 106 cm³/mol. The molecule has 138 valence electrons. The van der Waals surface area contributed by atoms with Crippen LogP contribution >= 0.6 is 0 Å². The molecule has 1 fully saturated rings. The number of carbonyl (C=O) groups is 1. The third-order valence-electron chi connectivity index (χ3n) is 4.89. The maximum Gasteiger partial charge on any atom is 0.335 e. The molecule has 4 rings (SSSR count). The van der Waals surface area contributed by atoms with Crippen molar-refractivity contribution < 1.29 is 9.90 Å². The second kappa shape index (κ2) is 7.61. The van der Waals surface area contributed by atoms with Crippen LogP contribution in [0.5, 0.6) is 0 Å². The third-order valence-corrected chi connectivity index (χ3v) is 4.89. The smallest absolute Gasteiger partial charge is 0.335 e. The van der Waals surface area contributed by atoms with Crippen LogP contribution in [0.25, 0.3) is 10.9 Å². The summed E-state index contributed by atoms with van der Waals surface area (Å²) in [5.74, 6) is 0.670. The van der Waals surface area contributed by atoms with Gasteiger partial charge >= 0.3 is 5.97 Å². The number of fused-ring (bicyclic) bond motifs is 1. The Morgan fingerprint density at radius 3 is 2.48 bits per heavy atom. The number of carboxylic acid groups (broad SMARTS) is 1. The van der Waals surface area contributed by atoms with E-state index in [0.29, 0.717) is 12.1 Å². The van der Waals surface area contributed by atoms with Crippen molar-refractivity contribution in [2.24, 2.45) is 0 Å². The van der Waals surface area contributed by atoms with Gasteiger partial charge in [-0.15, -0.1) is 0 Å². The maximum atomic E-state index is 11.0. The average molecular weight is 362 g/mol. The molecule has 1 saturated heterocycles. The lowest BCUT2D eigenvalue weighted by Gasteiger charge is -2.27. The number of aromatic nitrogens is 2. The van der Waals surface area contributed by atoms with Crippen molar-refractivity contribution in [3.05, 3.63) is 59.7 Å². The SMILES string of the molecule is O=C(O)c1ccc(CNc2nc(N3CCCCC3)nc3ccccc23)cc1. The van der Waals surface area contributed by atoms with E-state index in [1.54, 1.807) is 12.1 Å². The number of aromatic carboxylic acids is 1. The molecule has 0 unspecified atom stereocenters. The summed E-state index contributed by atoms with van der Waals surface area (Å²) in [6, 6.07) is 14.9. The number of hydrogen-bond acceptors (Lipinski definition) is 5. The summed E-state index contributed by atoms with van der Waals surface area (Å²) in [7, 11) is 0. The van der Waals surface area contributed by atoms with E-state index in [-0.39, 0.29) is 0 Å². The highest BCUT2D eigenvalue weighted by molar-refractivity contribution is 5.90. The van der Waals surface area contributed by atoms with Gasteiger partial charge in [0.2, 0.25) is 5.95 Å². The van der Waals surface area contributed by atoms with E-state index < -0.39 is 5.97 Å². The van der Waals surface area contributed by atoms with Crippen LogP contribution in [0, 0.1) is 0 Å². The number of anilines is 2. The molecule has 0 bridgehead atoms. The number of nitrogens with one attached hydrogen (secondary N) is 1. The molecule has 3 aromatic rings. The Morgan fingerprint density at radius 2 is 1.74 bits per heavy atom. The Morgan fingerprint density at radius 1 is 1.00 bits per heavy atom. The lowest BCUT2D eigenvalue weighted by molar-refractivity contribution is 0.0697. The molecule has 0 radical (unpaired) electrons. The lowest BCUT2D eigenvalue weighted by Crippen LogP contribution is -2.31. The summed E-state index contributed by atoms with van der Waals surface area (Å²) in [6.07, 6.45) is 3.62. The minimum Gasteiger partial charge on any atom is -0.478 e. The number of benzene rings is 2. The van der Waals surface area contributed by atoms with Gasteiger partial charge < -0.3 is 15.3 Å². The molecule has 0 atom stereocenters. The van der Waals surface area contributed by atoms with Crippen molar-refractivity contribution >= 4 is 28.6 Å². The quantitative estimate of drug-likeness (QED) is 0.716. The van der Waals surface area contributed by atoms with Crippen LogP contribution in [0.3, 0.4) is 0 Å². The lowest BCUT2D eigenvalue weighted by atomic mass is 10.1. The number of para-hydroxylation sites is 1. The Balaban J connectivity index is 1.60. The van der Waals surface area contributed by atoms with Crippen molar-refractivity contribution in [3.63, 3.8) is 0 Å². The Hall–Kier alpha value is -3.15. The first-order valence-corrected chi connectivity index (χ1v) is 9.28. The second-order valence-electron chi connectivity index (χ2n) is 6.79. The molecule has 1 aliphatic rings. The van der Waals surface area contributed by atoms with Gasteiger partial charge in [0.25, 0.3) is 0 Å². The third kappa shape index (κ3) is 3.84. The summed E-state index contributed by atoms with van der Waals surface area (Å²) in [5.41, 5.74) is 2.22.